The average Bonchev–Trinajstić information content (AvgIpc) is 2.72. The third-order valence-electron chi connectivity index (χ3n) is 3.72. The molecule has 3 aromatic rings. The number of hydrazine groups is 1. The highest BCUT2D eigenvalue weighted by atomic mass is 16.5. The largest absolute Gasteiger partial charge is 0.483 e. The molecular weight excluding hydrogens is 344 g/mol. The monoisotopic (exact) mass is 364 g/mol. The number of nitrogens with one attached hydrogen (secondary N) is 2. The predicted molar refractivity (Wildman–Crippen MR) is 102 cm³/mol. The van der Waals surface area contributed by atoms with Gasteiger partial charge in [0, 0.05) is 18.7 Å². The number of carbonyl (C=O) groups excluding carboxylic acids is 1. The summed E-state index contributed by atoms with van der Waals surface area (Å²) in [6.45, 7) is -0.136. The number of ether oxygens (including phenoxy) is 2. The van der Waals surface area contributed by atoms with Gasteiger partial charge in [0.05, 0.1) is 7.11 Å². The second-order valence-corrected chi connectivity index (χ2v) is 5.65. The van der Waals surface area contributed by atoms with Crippen LogP contribution in [0.3, 0.4) is 0 Å². The Morgan fingerprint density at radius 2 is 1.81 bits per heavy atom. The van der Waals surface area contributed by atoms with Gasteiger partial charge in [0.2, 0.25) is 11.8 Å². The van der Waals surface area contributed by atoms with Crippen molar-refractivity contribution in [1.82, 2.24) is 15.4 Å². The molecule has 2 N–H and O–H groups in total. The normalized spacial score (nSPS) is 10.1. The molecule has 7 nitrogen and oxygen atoms in total. The van der Waals surface area contributed by atoms with Crippen LogP contribution in [0.4, 0.5) is 5.95 Å². The highest BCUT2D eigenvalue weighted by molar-refractivity contribution is 5.78. The van der Waals surface area contributed by atoms with E-state index in [0.717, 1.165) is 12.0 Å². The van der Waals surface area contributed by atoms with Crippen molar-refractivity contribution in [2.24, 2.45) is 0 Å². The second kappa shape index (κ2) is 9.19. The van der Waals surface area contributed by atoms with Crippen LogP contribution in [-0.4, -0.2) is 29.6 Å². The van der Waals surface area contributed by atoms with Gasteiger partial charge in [-0.25, -0.2) is 4.98 Å². The molecule has 0 aliphatic heterocycles. The summed E-state index contributed by atoms with van der Waals surface area (Å²) in [4.78, 5) is 20.1. The van der Waals surface area contributed by atoms with Gasteiger partial charge in [0.15, 0.2) is 6.61 Å². The number of aromatic nitrogens is 2. The van der Waals surface area contributed by atoms with Crippen LogP contribution < -0.4 is 20.3 Å². The van der Waals surface area contributed by atoms with Gasteiger partial charge in [0.25, 0.3) is 5.91 Å². The SMILES string of the molecule is COc1ccnc(NNC(=O)COc2ccccc2Cc2ccccc2)n1. The lowest BCUT2D eigenvalue weighted by atomic mass is 10.0. The van der Waals surface area contributed by atoms with Gasteiger partial charge in [-0.15, -0.1) is 0 Å². The molecule has 0 aliphatic rings. The average molecular weight is 364 g/mol. The first kappa shape index (κ1) is 18.2. The molecule has 1 aromatic heterocycles. The van der Waals surface area contributed by atoms with E-state index in [1.54, 1.807) is 6.07 Å². The maximum absolute atomic E-state index is 12.0. The summed E-state index contributed by atoms with van der Waals surface area (Å²) in [5.74, 6) is 0.949. The molecule has 138 valence electrons. The zero-order valence-electron chi connectivity index (χ0n) is 14.9. The third kappa shape index (κ3) is 5.43. The van der Waals surface area contributed by atoms with E-state index in [2.05, 4.69) is 33.0 Å². The van der Waals surface area contributed by atoms with Crippen molar-refractivity contribution < 1.29 is 14.3 Å². The number of anilines is 1. The van der Waals surface area contributed by atoms with Crippen LogP contribution in [0, 0.1) is 0 Å². The van der Waals surface area contributed by atoms with Crippen molar-refractivity contribution in [2.75, 3.05) is 19.1 Å². The molecule has 1 heterocycles. The van der Waals surface area contributed by atoms with Crippen LogP contribution >= 0.6 is 0 Å². The fraction of sp³-hybridized carbons (Fsp3) is 0.150. The Hall–Kier alpha value is -3.61. The summed E-state index contributed by atoms with van der Waals surface area (Å²) >= 11 is 0. The number of rotatable bonds is 8. The summed E-state index contributed by atoms with van der Waals surface area (Å²) in [6, 6.07) is 19.4. The van der Waals surface area contributed by atoms with Crippen molar-refractivity contribution in [3.05, 3.63) is 78.0 Å². The summed E-state index contributed by atoms with van der Waals surface area (Å²) in [7, 11) is 1.51. The van der Waals surface area contributed by atoms with Crippen molar-refractivity contribution in [1.29, 1.82) is 0 Å². The maximum Gasteiger partial charge on any atom is 0.276 e. The van der Waals surface area contributed by atoms with Crippen LogP contribution in [0.15, 0.2) is 66.9 Å². The molecule has 0 atom stereocenters. The Labute approximate surface area is 157 Å². The number of benzene rings is 2. The third-order valence-corrected chi connectivity index (χ3v) is 3.72. The molecule has 0 fully saturated rings. The van der Waals surface area contributed by atoms with E-state index in [9.17, 15) is 4.79 Å². The number of hydrogen-bond acceptors (Lipinski definition) is 6. The van der Waals surface area contributed by atoms with Crippen LogP contribution in [0.1, 0.15) is 11.1 Å². The Kier molecular flexibility index (Phi) is 6.19. The Balaban J connectivity index is 1.54. The summed E-state index contributed by atoms with van der Waals surface area (Å²) in [6.07, 6.45) is 2.26. The molecule has 0 spiro atoms. The summed E-state index contributed by atoms with van der Waals surface area (Å²) in [5.41, 5.74) is 7.31. The topological polar surface area (TPSA) is 85.4 Å². The second-order valence-electron chi connectivity index (χ2n) is 5.65. The summed E-state index contributed by atoms with van der Waals surface area (Å²) in [5, 5.41) is 0. The van der Waals surface area contributed by atoms with Crippen LogP contribution in [0.5, 0.6) is 11.6 Å². The number of carbonyl (C=O) groups is 1. The molecule has 3 rings (SSSR count). The Morgan fingerprint density at radius 3 is 2.63 bits per heavy atom. The zero-order valence-corrected chi connectivity index (χ0v) is 14.9. The van der Waals surface area contributed by atoms with E-state index in [4.69, 9.17) is 9.47 Å². The molecule has 0 saturated carbocycles. The standard InChI is InChI=1S/C20H20N4O3/c1-26-19-11-12-21-20(22-19)24-23-18(25)14-27-17-10-6-5-9-16(17)13-15-7-3-2-4-8-15/h2-12H,13-14H2,1H3,(H,23,25)(H,21,22,24). The molecular formula is C20H20N4O3. The highest BCUT2D eigenvalue weighted by Crippen LogP contribution is 2.21. The van der Waals surface area contributed by atoms with Crippen LogP contribution in [-0.2, 0) is 11.2 Å². The highest BCUT2D eigenvalue weighted by Gasteiger charge is 2.08. The van der Waals surface area contributed by atoms with E-state index in [-0.39, 0.29) is 18.5 Å². The quantitative estimate of drug-likeness (QED) is 0.598. The predicted octanol–water partition coefficient (Wildman–Crippen LogP) is 2.60. The Bertz CT molecular complexity index is 887. The van der Waals surface area contributed by atoms with Crippen LogP contribution in [0.25, 0.3) is 0 Å². The lowest BCUT2D eigenvalue weighted by Gasteiger charge is -2.12. The van der Waals surface area contributed by atoms with E-state index in [1.807, 2.05) is 42.5 Å². The van der Waals surface area contributed by atoms with Gasteiger partial charge in [-0.1, -0.05) is 48.5 Å². The smallest absolute Gasteiger partial charge is 0.276 e. The molecule has 2 aromatic carbocycles. The first-order valence-corrected chi connectivity index (χ1v) is 8.41. The summed E-state index contributed by atoms with van der Waals surface area (Å²) < 4.78 is 10.7. The minimum Gasteiger partial charge on any atom is -0.483 e. The molecule has 7 heteroatoms. The molecule has 1 amide bonds. The number of para-hydroxylation sites is 1. The molecule has 0 radical (unpaired) electrons. The van der Waals surface area contributed by atoms with Gasteiger partial charge >= 0.3 is 0 Å². The fourth-order valence-corrected chi connectivity index (χ4v) is 2.43. The van der Waals surface area contributed by atoms with E-state index in [0.29, 0.717) is 11.6 Å². The van der Waals surface area contributed by atoms with Crippen molar-refractivity contribution >= 4 is 11.9 Å². The van der Waals surface area contributed by atoms with Crippen molar-refractivity contribution in [2.45, 2.75) is 6.42 Å². The van der Waals surface area contributed by atoms with Gasteiger partial charge < -0.3 is 9.47 Å². The maximum atomic E-state index is 12.0. The number of hydrogen-bond donors (Lipinski definition) is 2. The lowest BCUT2D eigenvalue weighted by molar-refractivity contribution is -0.122. The van der Waals surface area contributed by atoms with Gasteiger partial charge in [-0.3, -0.25) is 15.6 Å². The Morgan fingerprint density at radius 1 is 1.04 bits per heavy atom. The molecule has 0 unspecified atom stereocenters. The van der Waals surface area contributed by atoms with E-state index in [1.165, 1.54) is 18.9 Å². The lowest BCUT2D eigenvalue weighted by Crippen LogP contribution is -2.34. The van der Waals surface area contributed by atoms with Crippen LogP contribution in [0.2, 0.25) is 0 Å². The molecule has 0 bridgehead atoms. The van der Waals surface area contributed by atoms with E-state index >= 15 is 0 Å². The van der Waals surface area contributed by atoms with E-state index < -0.39 is 0 Å². The molecule has 27 heavy (non-hydrogen) atoms. The van der Waals surface area contributed by atoms with Crippen molar-refractivity contribution in [3.8, 4) is 11.6 Å². The zero-order chi connectivity index (χ0) is 18.9. The van der Waals surface area contributed by atoms with Gasteiger partial charge in [-0.05, 0) is 17.2 Å². The minimum atomic E-state index is -0.351. The number of nitrogens with zero attached hydrogens (tertiary/aromatic N) is 2. The molecule has 0 aliphatic carbocycles. The first-order chi connectivity index (χ1) is 13.2. The first-order valence-electron chi connectivity index (χ1n) is 8.41. The number of methoxy groups -OCH3 is 1. The van der Waals surface area contributed by atoms with Crippen molar-refractivity contribution in [3.63, 3.8) is 0 Å². The van der Waals surface area contributed by atoms with Gasteiger partial charge in [-0.2, -0.15) is 4.98 Å². The number of amides is 1. The molecule has 0 saturated heterocycles. The van der Waals surface area contributed by atoms with Gasteiger partial charge in [0.1, 0.15) is 5.75 Å². The minimum absolute atomic E-state index is 0.136. The fourth-order valence-electron chi connectivity index (χ4n) is 2.43.